The van der Waals surface area contributed by atoms with Gasteiger partial charge >= 0.3 is 0 Å². The van der Waals surface area contributed by atoms with Gasteiger partial charge in [-0.3, -0.25) is 4.79 Å². The third-order valence-electron chi connectivity index (χ3n) is 4.35. The highest BCUT2D eigenvalue weighted by atomic mass is 16.5. The van der Waals surface area contributed by atoms with Crippen molar-refractivity contribution in [1.29, 1.82) is 0 Å². The van der Waals surface area contributed by atoms with Crippen LogP contribution in [0, 0.1) is 20.8 Å². The lowest BCUT2D eigenvalue weighted by molar-refractivity contribution is 0.0701. The topological polar surface area (TPSA) is 64.2 Å². The highest BCUT2D eigenvalue weighted by molar-refractivity contribution is 5.96. The summed E-state index contributed by atoms with van der Waals surface area (Å²) in [5.41, 5.74) is 2.29. The molecule has 1 aliphatic rings. The first-order valence-corrected chi connectivity index (χ1v) is 7.69. The molecule has 1 fully saturated rings. The Balaban J connectivity index is 1.81. The SMILES string of the molecule is Cc1cn(C)c([C@@H]2CCCN(C(=O)c3c(C)noc3C)C2)n1. The van der Waals surface area contributed by atoms with E-state index in [0.717, 1.165) is 30.9 Å². The Morgan fingerprint density at radius 3 is 2.73 bits per heavy atom. The van der Waals surface area contributed by atoms with E-state index >= 15 is 0 Å². The molecule has 2 aromatic heterocycles. The number of carbonyl (C=O) groups is 1. The molecule has 6 heteroatoms. The van der Waals surface area contributed by atoms with Crippen LogP contribution in [0.2, 0.25) is 0 Å². The summed E-state index contributed by atoms with van der Waals surface area (Å²) < 4.78 is 7.20. The minimum atomic E-state index is 0.0203. The minimum absolute atomic E-state index is 0.0203. The van der Waals surface area contributed by atoms with Crippen LogP contribution in [0.4, 0.5) is 0 Å². The standard InChI is InChI=1S/C16H22N4O2/c1-10-8-19(4)15(17-10)13-6-5-7-20(9-13)16(21)14-11(2)18-22-12(14)3/h8,13H,5-7,9H2,1-4H3/t13-/m1/s1. The van der Waals surface area contributed by atoms with Gasteiger partial charge in [0, 0.05) is 32.3 Å². The number of aryl methyl sites for hydroxylation is 4. The van der Waals surface area contributed by atoms with Gasteiger partial charge in [-0.15, -0.1) is 0 Å². The van der Waals surface area contributed by atoms with Gasteiger partial charge in [-0.25, -0.2) is 4.98 Å². The number of hydrogen-bond donors (Lipinski definition) is 0. The molecule has 1 amide bonds. The molecule has 0 aromatic carbocycles. The molecule has 3 rings (SSSR count). The third kappa shape index (κ3) is 2.53. The summed E-state index contributed by atoms with van der Waals surface area (Å²) in [5, 5.41) is 3.89. The second-order valence-corrected chi connectivity index (χ2v) is 6.14. The summed E-state index contributed by atoms with van der Waals surface area (Å²) in [6, 6.07) is 0. The van der Waals surface area contributed by atoms with Crippen molar-refractivity contribution in [2.75, 3.05) is 13.1 Å². The van der Waals surface area contributed by atoms with Crippen LogP contribution in [0.5, 0.6) is 0 Å². The summed E-state index contributed by atoms with van der Waals surface area (Å²) in [5.74, 6) is 1.97. The van der Waals surface area contributed by atoms with E-state index in [-0.39, 0.29) is 11.8 Å². The van der Waals surface area contributed by atoms with Gasteiger partial charge in [0.1, 0.15) is 17.1 Å². The first-order chi connectivity index (χ1) is 10.5. The van der Waals surface area contributed by atoms with Gasteiger partial charge < -0.3 is 14.0 Å². The Labute approximate surface area is 130 Å². The molecule has 0 saturated carbocycles. The van der Waals surface area contributed by atoms with E-state index in [2.05, 4.69) is 14.7 Å². The van der Waals surface area contributed by atoms with E-state index in [0.29, 0.717) is 23.6 Å². The smallest absolute Gasteiger partial charge is 0.259 e. The van der Waals surface area contributed by atoms with Crippen LogP contribution in [0.1, 0.15) is 52.1 Å². The zero-order valence-corrected chi connectivity index (χ0v) is 13.6. The predicted molar refractivity (Wildman–Crippen MR) is 81.8 cm³/mol. The first-order valence-electron chi connectivity index (χ1n) is 7.69. The molecule has 0 aliphatic carbocycles. The van der Waals surface area contributed by atoms with Crippen molar-refractivity contribution in [2.24, 2.45) is 7.05 Å². The molecule has 6 nitrogen and oxygen atoms in total. The van der Waals surface area contributed by atoms with E-state index in [1.165, 1.54) is 0 Å². The molecule has 118 valence electrons. The molecule has 22 heavy (non-hydrogen) atoms. The number of aromatic nitrogens is 3. The van der Waals surface area contributed by atoms with Crippen molar-refractivity contribution < 1.29 is 9.32 Å². The fourth-order valence-corrected chi connectivity index (χ4v) is 3.33. The van der Waals surface area contributed by atoms with E-state index in [9.17, 15) is 4.79 Å². The Morgan fingerprint density at radius 2 is 2.14 bits per heavy atom. The monoisotopic (exact) mass is 302 g/mol. The second kappa shape index (κ2) is 5.59. The highest BCUT2D eigenvalue weighted by Crippen LogP contribution is 2.28. The highest BCUT2D eigenvalue weighted by Gasteiger charge is 2.30. The lowest BCUT2D eigenvalue weighted by atomic mass is 9.96. The Kier molecular flexibility index (Phi) is 3.76. The molecule has 1 atom stereocenters. The Bertz CT molecular complexity index is 682. The second-order valence-electron chi connectivity index (χ2n) is 6.14. The average molecular weight is 302 g/mol. The molecular formula is C16H22N4O2. The van der Waals surface area contributed by atoms with Gasteiger partial charge in [0.2, 0.25) is 0 Å². The fourth-order valence-electron chi connectivity index (χ4n) is 3.33. The van der Waals surface area contributed by atoms with Crippen molar-refractivity contribution >= 4 is 5.91 Å². The van der Waals surface area contributed by atoms with Crippen LogP contribution < -0.4 is 0 Å². The van der Waals surface area contributed by atoms with Crippen LogP contribution in [0.25, 0.3) is 0 Å². The van der Waals surface area contributed by atoms with E-state index < -0.39 is 0 Å². The Hall–Kier alpha value is -2.11. The maximum atomic E-state index is 12.8. The minimum Gasteiger partial charge on any atom is -0.361 e. The maximum Gasteiger partial charge on any atom is 0.259 e. The third-order valence-corrected chi connectivity index (χ3v) is 4.35. The average Bonchev–Trinajstić information content (AvgIpc) is 3.00. The molecule has 1 saturated heterocycles. The zero-order chi connectivity index (χ0) is 15.9. The summed E-state index contributed by atoms with van der Waals surface area (Å²) in [4.78, 5) is 19.3. The van der Waals surface area contributed by atoms with Crippen LogP contribution in [-0.4, -0.2) is 38.6 Å². The van der Waals surface area contributed by atoms with Crippen LogP contribution in [0.15, 0.2) is 10.7 Å². The summed E-state index contributed by atoms with van der Waals surface area (Å²) in [7, 11) is 2.02. The van der Waals surface area contributed by atoms with Gasteiger partial charge in [0.05, 0.1) is 11.4 Å². The molecule has 0 spiro atoms. The number of amides is 1. The lowest BCUT2D eigenvalue weighted by Gasteiger charge is -2.32. The van der Waals surface area contributed by atoms with Crippen molar-refractivity contribution in [2.45, 2.75) is 39.5 Å². The summed E-state index contributed by atoms with van der Waals surface area (Å²) >= 11 is 0. The number of carbonyl (C=O) groups excluding carboxylic acids is 1. The van der Waals surface area contributed by atoms with Crippen molar-refractivity contribution in [3.8, 4) is 0 Å². The molecular weight excluding hydrogens is 280 g/mol. The summed E-state index contributed by atoms with van der Waals surface area (Å²) in [6.45, 7) is 7.08. The van der Waals surface area contributed by atoms with Crippen molar-refractivity contribution in [1.82, 2.24) is 19.6 Å². The van der Waals surface area contributed by atoms with Crippen molar-refractivity contribution in [3.05, 3.63) is 34.7 Å². The number of imidazole rings is 1. The molecule has 0 radical (unpaired) electrons. The lowest BCUT2D eigenvalue weighted by Crippen LogP contribution is -2.40. The molecule has 0 N–H and O–H groups in total. The zero-order valence-electron chi connectivity index (χ0n) is 13.6. The van der Waals surface area contributed by atoms with Gasteiger partial charge in [-0.05, 0) is 33.6 Å². The Morgan fingerprint density at radius 1 is 1.36 bits per heavy atom. The maximum absolute atomic E-state index is 12.8. The van der Waals surface area contributed by atoms with Crippen LogP contribution in [0.3, 0.4) is 0 Å². The van der Waals surface area contributed by atoms with E-state index in [1.807, 2.05) is 32.0 Å². The fraction of sp³-hybridized carbons (Fsp3) is 0.562. The summed E-state index contributed by atoms with van der Waals surface area (Å²) in [6.07, 6.45) is 4.09. The number of rotatable bonds is 2. The number of likely N-dealkylation sites (tertiary alicyclic amines) is 1. The molecule has 2 aromatic rings. The quantitative estimate of drug-likeness (QED) is 0.854. The van der Waals surface area contributed by atoms with Gasteiger partial charge in [-0.1, -0.05) is 5.16 Å². The van der Waals surface area contributed by atoms with Gasteiger partial charge in [0.15, 0.2) is 0 Å². The largest absolute Gasteiger partial charge is 0.361 e. The molecule has 0 unspecified atom stereocenters. The molecule has 3 heterocycles. The number of nitrogens with zero attached hydrogens (tertiary/aromatic N) is 4. The van der Waals surface area contributed by atoms with Crippen LogP contribution in [-0.2, 0) is 7.05 Å². The van der Waals surface area contributed by atoms with E-state index in [4.69, 9.17) is 4.52 Å². The molecule has 0 bridgehead atoms. The van der Waals surface area contributed by atoms with Crippen LogP contribution >= 0.6 is 0 Å². The normalized spacial score (nSPS) is 18.7. The predicted octanol–water partition coefficient (Wildman–Crippen LogP) is 2.35. The van der Waals surface area contributed by atoms with E-state index in [1.54, 1.807) is 6.92 Å². The first kappa shape index (κ1) is 14.8. The van der Waals surface area contributed by atoms with Gasteiger partial charge in [-0.2, -0.15) is 0 Å². The number of hydrogen-bond acceptors (Lipinski definition) is 4. The van der Waals surface area contributed by atoms with Crippen molar-refractivity contribution in [3.63, 3.8) is 0 Å². The number of piperidine rings is 1. The van der Waals surface area contributed by atoms with Gasteiger partial charge in [0.25, 0.3) is 5.91 Å². The molecule has 1 aliphatic heterocycles.